The first-order valence-corrected chi connectivity index (χ1v) is 9.10. The Morgan fingerprint density at radius 2 is 1.67 bits per heavy atom. The third-order valence-corrected chi connectivity index (χ3v) is 4.76. The first kappa shape index (κ1) is 19.0. The zero-order chi connectivity index (χ0) is 19.6. The lowest BCUT2D eigenvalue weighted by Gasteiger charge is -2.19. The quantitative estimate of drug-likeness (QED) is 0.673. The highest BCUT2D eigenvalue weighted by Gasteiger charge is 2.12. The molecule has 0 saturated carbocycles. The molecule has 0 spiro atoms. The van der Waals surface area contributed by atoms with Crippen molar-refractivity contribution in [1.29, 1.82) is 0 Å². The van der Waals surface area contributed by atoms with E-state index >= 15 is 0 Å². The molecule has 142 valence electrons. The summed E-state index contributed by atoms with van der Waals surface area (Å²) in [6.45, 7) is 3.38. The van der Waals surface area contributed by atoms with Crippen LogP contribution in [0.2, 0.25) is 0 Å². The number of phenols is 1. The second kappa shape index (κ2) is 7.84. The lowest BCUT2D eigenvalue weighted by Crippen LogP contribution is -2.18. The number of rotatable bonds is 6. The molecule has 5 nitrogen and oxygen atoms in total. The van der Waals surface area contributed by atoms with Gasteiger partial charge >= 0.3 is 5.63 Å². The molecule has 0 unspecified atom stereocenters. The van der Waals surface area contributed by atoms with Gasteiger partial charge in [-0.05, 0) is 48.4 Å². The fourth-order valence-electron chi connectivity index (χ4n) is 3.28. The van der Waals surface area contributed by atoms with E-state index in [0.717, 1.165) is 23.1 Å². The highest BCUT2D eigenvalue weighted by Crippen LogP contribution is 2.27. The van der Waals surface area contributed by atoms with Crippen LogP contribution in [0.3, 0.4) is 0 Å². The lowest BCUT2D eigenvalue weighted by atomic mass is 10.0. The topological polar surface area (TPSA) is 56.9 Å². The van der Waals surface area contributed by atoms with E-state index in [9.17, 15) is 9.90 Å². The van der Waals surface area contributed by atoms with Gasteiger partial charge in [0.2, 0.25) is 0 Å². The normalized spacial score (nSPS) is 11.3. The van der Waals surface area contributed by atoms with Crippen LogP contribution < -0.4 is 10.5 Å². The molecule has 27 heavy (non-hydrogen) atoms. The monoisotopic (exact) mass is 366 g/mol. The molecule has 0 saturated heterocycles. The maximum absolute atomic E-state index is 11.9. The van der Waals surface area contributed by atoms with E-state index in [-0.39, 0.29) is 5.75 Å². The Morgan fingerprint density at radius 1 is 0.963 bits per heavy atom. The van der Waals surface area contributed by atoms with Crippen molar-refractivity contribution in [2.45, 2.75) is 26.4 Å². The molecule has 0 aliphatic heterocycles. The molecule has 2 aromatic carbocycles. The molecule has 3 aromatic rings. The van der Waals surface area contributed by atoms with Gasteiger partial charge in [-0.1, -0.05) is 19.1 Å². The van der Waals surface area contributed by atoms with Crippen LogP contribution in [-0.4, -0.2) is 31.1 Å². The van der Waals surface area contributed by atoms with Gasteiger partial charge in [-0.25, -0.2) is 4.79 Å². The summed E-state index contributed by atoms with van der Waals surface area (Å²) in [7, 11) is 6.08. The van der Waals surface area contributed by atoms with Gasteiger partial charge in [0.25, 0.3) is 0 Å². The summed E-state index contributed by atoms with van der Waals surface area (Å²) >= 11 is 0. The summed E-state index contributed by atoms with van der Waals surface area (Å²) in [5.74, 6) is 0.166. The maximum Gasteiger partial charge on any atom is 0.336 e. The van der Waals surface area contributed by atoms with Gasteiger partial charge in [0.05, 0.1) is 0 Å². The molecule has 0 bridgehead atoms. The second-order valence-electron chi connectivity index (χ2n) is 7.15. The average molecular weight is 366 g/mol. The van der Waals surface area contributed by atoms with Crippen molar-refractivity contribution in [3.05, 3.63) is 69.6 Å². The van der Waals surface area contributed by atoms with Gasteiger partial charge in [0, 0.05) is 50.4 Å². The van der Waals surface area contributed by atoms with Crippen molar-refractivity contribution in [1.82, 2.24) is 4.90 Å². The van der Waals surface area contributed by atoms with Crippen molar-refractivity contribution in [2.24, 2.45) is 0 Å². The van der Waals surface area contributed by atoms with Crippen LogP contribution in [-0.2, 0) is 19.5 Å². The molecule has 1 aromatic heterocycles. The highest BCUT2D eigenvalue weighted by atomic mass is 16.4. The second-order valence-corrected chi connectivity index (χ2v) is 7.15. The van der Waals surface area contributed by atoms with Crippen LogP contribution in [0, 0.1) is 0 Å². The van der Waals surface area contributed by atoms with E-state index in [0.29, 0.717) is 18.5 Å². The van der Waals surface area contributed by atoms with Crippen LogP contribution in [0.25, 0.3) is 11.0 Å². The minimum atomic E-state index is -0.398. The number of phenolic OH excluding ortho intramolecular Hbond substituents is 1. The van der Waals surface area contributed by atoms with E-state index in [1.165, 1.54) is 11.3 Å². The number of aromatic hydroxyl groups is 1. The molecule has 5 heteroatoms. The number of hydrogen-bond acceptors (Lipinski definition) is 5. The summed E-state index contributed by atoms with van der Waals surface area (Å²) in [5.41, 5.74) is 4.16. The third-order valence-electron chi connectivity index (χ3n) is 4.76. The van der Waals surface area contributed by atoms with Crippen LogP contribution >= 0.6 is 0 Å². The van der Waals surface area contributed by atoms with Gasteiger partial charge < -0.3 is 14.4 Å². The lowest BCUT2D eigenvalue weighted by molar-refractivity contribution is 0.319. The standard InChI is InChI=1S/C22H26N2O3/c1-5-16-10-19-17(11-22(26)27-21(19)12-20(16)25)14-24(4)13-15-6-8-18(9-7-15)23(2)3/h6-12,25H,5,13-14H2,1-4H3. The number of anilines is 1. The molecule has 0 atom stereocenters. The molecule has 0 fully saturated rings. The maximum atomic E-state index is 11.9. The SMILES string of the molecule is CCc1cc2c(CN(C)Cc3ccc(N(C)C)cc3)cc(=O)oc2cc1O. The highest BCUT2D eigenvalue weighted by molar-refractivity contribution is 5.82. The van der Waals surface area contributed by atoms with Crippen LogP contribution in [0.5, 0.6) is 5.75 Å². The zero-order valence-electron chi connectivity index (χ0n) is 16.3. The number of hydrogen-bond donors (Lipinski definition) is 1. The van der Waals surface area contributed by atoms with E-state index in [2.05, 4.69) is 34.1 Å². The number of benzene rings is 2. The molecular weight excluding hydrogens is 340 g/mol. The molecule has 0 amide bonds. The van der Waals surface area contributed by atoms with Crippen LogP contribution in [0.15, 0.2) is 51.7 Å². The van der Waals surface area contributed by atoms with Gasteiger partial charge in [-0.15, -0.1) is 0 Å². The molecule has 0 radical (unpaired) electrons. The third kappa shape index (κ3) is 4.31. The number of fused-ring (bicyclic) bond motifs is 1. The Morgan fingerprint density at radius 3 is 2.30 bits per heavy atom. The first-order chi connectivity index (χ1) is 12.9. The van der Waals surface area contributed by atoms with Gasteiger partial charge in [-0.3, -0.25) is 4.90 Å². The molecule has 1 N–H and O–H groups in total. The van der Waals surface area contributed by atoms with Crippen molar-refractivity contribution in [3.8, 4) is 5.75 Å². The summed E-state index contributed by atoms with van der Waals surface area (Å²) < 4.78 is 5.28. The van der Waals surface area contributed by atoms with Gasteiger partial charge in [-0.2, -0.15) is 0 Å². The van der Waals surface area contributed by atoms with Gasteiger partial charge in [0.1, 0.15) is 11.3 Å². The predicted octanol–water partition coefficient (Wildman–Crippen LogP) is 3.76. The van der Waals surface area contributed by atoms with Crippen LogP contribution in [0.4, 0.5) is 5.69 Å². The minimum absolute atomic E-state index is 0.166. The predicted molar refractivity (Wildman–Crippen MR) is 109 cm³/mol. The largest absolute Gasteiger partial charge is 0.508 e. The number of nitrogens with zero attached hydrogens (tertiary/aromatic N) is 2. The van der Waals surface area contributed by atoms with Crippen LogP contribution in [0.1, 0.15) is 23.6 Å². The zero-order valence-corrected chi connectivity index (χ0v) is 16.3. The van der Waals surface area contributed by atoms with Crippen molar-refractivity contribution < 1.29 is 9.52 Å². The number of aryl methyl sites for hydroxylation is 1. The fourth-order valence-corrected chi connectivity index (χ4v) is 3.28. The summed E-state index contributed by atoms with van der Waals surface area (Å²) in [6, 6.07) is 13.5. The molecule has 3 rings (SSSR count). The Hall–Kier alpha value is -2.79. The molecule has 1 heterocycles. The Kier molecular flexibility index (Phi) is 5.51. The summed E-state index contributed by atoms with van der Waals surface area (Å²) in [5, 5.41) is 10.9. The summed E-state index contributed by atoms with van der Waals surface area (Å²) in [6.07, 6.45) is 0.717. The Balaban J connectivity index is 1.85. The van der Waals surface area contributed by atoms with E-state index < -0.39 is 5.63 Å². The Labute approximate surface area is 159 Å². The molecule has 0 aliphatic rings. The van der Waals surface area contributed by atoms with Crippen molar-refractivity contribution in [3.63, 3.8) is 0 Å². The minimum Gasteiger partial charge on any atom is -0.508 e. The van der Waals surface area contributed by atoms with E-state index in [1.807, 2.05) is 34.1 Å². The van der Waals surface area contributed by atoms with Gasteiger partial charge in [0.15, 0.2) is 0 Å². The van der Waals surface area contributed by atoms with Crippen molar-refractivity contribution in [2.75, 3.05) is 26.0 Å². The molecular formula is C22H26N2O3. The average Bonchev–Trinajstić information content (AvgIpc) is 2.61. The fraction of sp³-hybridized carbons (Fsp3) is 0.318. The van der Waals surface area contributed by atoms with E-state index in [4.69, 9.17) is 4.42 Å². The first-order valence-electron chi connectivity index (χ1n) is 9.10. The summed E-state index contributed by atoms with van der Waals surface area (Å²) in [4.78, 5) is 16.2. The molecule has 0 aliphatic carbocycles. The smallest absolute Gasteiger partial charge is 0.336 e. The van der Waals surface area contributed by atoms with E-state index in [1.54, 1.807) is 12.1 Å². The van der Waals surface area contributed by atoms with Crippen molar-refractivity contribution >= 4 is 16.7 Å². The Bertz CT molecular complexity index is 991.